The maximum atomic E-state index is 11.3. The Hall–Kier alpha value is -1.82. The number of benzene rings is 1. The van der Waals surface area contributed by atoms with E-state index in [0.29, 0.717) is 21.6 Å². The fourth-order valence-electron chi connectivity index (χ4n) is 1.57. The van der Waals surface area contributed by atoms with Crippen molar-refractivity contribution in [1.82, 2.24) is 5.32 Å². The van der Waals surface area contributed by atoms with Crippen molar-refractivity contribution in [2.75, 3.05) is 0 Å². The second-order valence-corrected chi connectivity index (χ2v) is 5.27. The molecular formula is C14H10Cl2N2O2S. The van der Waals surface area contributed by atoms with Crippen LogP contribution in [0.2, 0.25) is 10.0 Å². The van der Waals surface area contributed by atoms with Gasteiger partial charge in [-0.1, -0.05) is 23.2 Å². The molecule has 3 N–H and O–H groups in total. The third-order valence-electron chi connectivity index (χ3n) is 2.48. The van der Waals surface area contributed by atoms with Crippen LogP contribution < -0.4 is 11.1 Å². The highest BCUT2D eigenvalue weighted by molar-refractivity contribution is 7.80. The molecule has 2 aromatic rings. The zero-order valence-corrected chi connectivity index (χ0v) is 12.9. The van der Waals surface area contributed by atoms with Gasteiger partial charge < -0.3 is 10.2 Å². The number of rotatable bonds is 3. The second-order valence-electron chi connectivity index (χ2n) is 4.02. The molecule has 2 rings (SSSR count). The van der Waals surface area contributed by atoms with Gasteiger partial charge in [0.2, 0.25) is 5.91 Å². The first-order chi connectivity index (χ1) is 9.95. The minimum Gasteiger partial charge on any atom is -0.457 e. The van der Waals surface area contributed by atoms with Crippen molar-refractivity contribution in [3.63, 3.8) is 0 Å². The first-order valence-corrected chi connectivity index (χ1v) is 6.96. The highest BCUT2D eigenvalue weighted by atomic mass is 35.5. The van der Waals surface area contributed by atoms with Gasteiger partial charge in [0.25, 0.3) is 0 Å². The van der Waals surface area contributed by atoms with Gasteiger partial charge in [-0.2, -0.15) is 0 Å². The molecule has 0 fully saturated rings. The molecule has 4 nitrogen and oxygen atoms in total. The largest absolute Gasteiger partial charge is 0.457 e. The van der Waals surface area contributed by atoms with E-state index in [-0.39, 0.29) is 5.11 Å². The van der Waals surface area contributed by atoms with E-state index in [1.54, 1.807) is 30.3 Å². The van der Waals surface area contributed by atoms with Gasteiger partial charge in [0.05, 0.1) is 10.0 Å². The SMILES string of the molecule is NC(=S)NC(=O)/C=C/c1ccc(-c2ccc(Cl)c(Cl)c2)o1. The predicted octanol–water partition coefficient (Wildman–Crippen LogP) is 3.63. The lowest BCUT2D eigenvalue weighted by atomic mass is 10.2. The van der Waals surface area contributed by atoms with E-state index < -0.39 is 5.91 Å². The van der Waals surface area contributed by atoms with Crippen LogP contribution in [0, 0.1) is 0 Å². The lowest BCUT2D eigenvalue weighted by Gasteiger charge is -1.99. The molecule has 1 heterocycles. The fraction of sp³-hybridized carbons (Fsp3) is 0. The molecular weight excluding hydrogens is 331 g/mol. The van der Waals surface area contributed by atoms with Crippen LogP contribution in [0.1, 0.15) is 5.76 Å². The molecule has 0 aliphatic heterocycles. The summed E-state index contributed by atoms with van der Waals surface area (Å²) in [6, 6.07) is 8.68. The first-order valence-electron chi connectivity index (χ1n) is 5.79. The summed E-state index contributed by atoms with van der Waals surface area (Å²) in [4.78, 5) is 11.3. The molecule has 0 aliphatic carbocycles. The number of thiocarbonyl (C=S) groups is 1. The number of amides is 1. The molecule has 0 radical (unpaired) electrons. The Kier molecular flexibility index (Phi) is 5.01. The van der Waals surface area contributed by atoms with Gasteiger partial charge in [-0.05, 0) is 48.6 Å². The molecule has 0 saturated carbocycles. The molecule has 1 aromatic carbocycles. The molecule has 0 aliphatic rings. The van der Waals surface area contributed by atoms with Crippen LogP contribution in [-0.4, -0.2) is 11.0 Å². The van der Waals surface area contributed by atoms with Crippen molar-refractivity contribution in [3.05, 3.63) is 52.2 Å². The van der Waals surface area contributed by atoms with E-state index in [1.807, 2.05) is 0 Å². The van der Waals surface area contributed by atoms with Crippen LogP contribution in [-0.2, 0) is 4.79 Å². The molecule has 0 bridgehead atoms. The summed E-state index contributed by atoms with van der Waals surface area (Å²) in [5, 5.41) is 3.11. The van der Waals surface area contributed by atoms with Crippen LogP contribution in [0.3, 0.4) is 0 Å². The van der Waals surface area contributed by atoms with Gasteiger partial charge in [-0.15, -0.1) is 0 Å². The fourth-order valence-corrected chi connectivity index (χ4v) is 1.97. The quantitative estimate of drug-likeness (QED) is 0.661. The van der Waals surface area contributed by atoms with Crippen molar-refractivity contribution in [3.8, 4) is 11.3 Å². The van der Waals surface area contributed by atoms with Crippen molar-refractivity contribution in [1.29, 1.82) is 0 Å². The second kappa shape index (κ2) is 6.76. The van der Waals surface area contributed by atoms with E-state index in [9.17, 15) is 4.79 Å². The molecule has 7 heteroatoms. The molecule has 0 spiro atoms. The topological polar surface area (TPSA) is 68.3 Å². The standard InChI is InChI=1S/C14H10Cl2N2O2S/c15-10-4-1-8(7-11(10)16)12-5-2-9(20-12)3-6-13(19)18-14(17)21/h1-7H,(H3,17,18,19,21)/b6-3+. The number of hydrogen-bond donors (Lipinski definition) is 2. The van der Waals surface area contributed by atoms with Crippen molar-refractivity contribution in [2.24, 2.45) is 5.73 Å². The monoisotopic (exact) mass is 340 g/mol. The van der Waals surface area contributed by atoms with Crippen molar-refractivity contribution >= 4 is 52.5 Å². The number of furan rings is 1. The van der Waals surface area contributed by atoms with Gasteiger partial charge in [0, 0.05) is 11.6 Å². The van der Waals surface area contributed by atoms with E-state index in [2.05, 4.69) is 17.5 Å². The summed E-state index contributed by atoms with van der Waals surface area (Å²) in [5.74, 6) is 0.701. The minimum atomic E-state index is -0.421. The van der Waals surface area contributed by atoms with Crippen molar-refractivity contribution in [2.45, 2.75) is 0 Å². The third kappa shape index (κ3) is 4.32. The number of carbonyl (C=O) groups is 1. The Bertz CT molecular complexity index is 726. The predicted molar refractivity (Wildman–Crippen MR) is 88.1 cm³/mol. The number of nitrogens with one attached hydrogen (secondary N) is 1. The van der Waals surface area contributed by atoms with Crippen LogP contribution >= 0.6 is 35.4 Å². The highest BCUT2D eigenvalue weighted by Gasteiger charge is 2.06. The van der Waals surface area contributed by atoms with Gasteiger partial charge in [0.1, 0.15) is 11.5 Å². The third-order valence-corrected chi connectivity index (χ3v) is 3.32. The summed E-state index contributed by atoms with van der Waals surface area (Å²) < 4.78 is 5.59. The number of carbonyl (C=O) groups excluding carboxylic acids is 1. The van der Waals surface area contributed by atoms with Gasteiger partial charge in [0.15, 0.2) is 5.11 Å². The lowest BCUT2D eigenvalue weighted by molar-refractivity contribution is -0.115. The Morgan fingerprint density at radius 2 is 2.00 bits per heavy atom. The van der Waals surface area contributed by atoms with Gasteiger partial charge in [-0.25, -0.2) is 0 Å². The highest BCUT2D eigenvalue weighted by Crippen LogP contribution is 2.29. The Labute approximate surface area is 136 Å². The molecule has 1 aromatic heterocycles. The van der Waals surface area contributed by atoms with Crippen LogP contribution in [0.25, 0.3) is 17.4 Å². The lowest BCUT2D eigenvalue weighted by Crippen LogP contribution is -2.33. The normalized spacial score (nSPS) is 10.8. The summed E-state index contributed by atoms with van der Waals surface area (Å²) in [6.07, 6.45) is 2.78. The zero-order valence-electron chi connectivity index (χ0n) is 10.6. The molecule has 0 saturated heterocycles. The van der Waals surface area contributed by atoms with Gasteiger partial charge in [-0.3, -0.25) is 10.1 Å². The van der Waals surface area contributed by atoms with Crippen LogP contribution in [0.15, 0.2) is 40.8 Å². The summed E-state index contributed by atoms with van der Waals surface area (Å²) in [6.45, 7) is 0. The average molecular weight is 341 g/mol. The van der Waals surface area contributed by atoms with Gasteiger partial charge >= 0.3 is 0 Å². The number of hydrogen-bond acceptors (Lipinski definition) is 3. The van der Waals surface area contributed by atoms with Crippen LogP contribution in [0.5, 0.6) is 0 Å². The molecule has 1 amide bonds. The molecule has 108 valence electrons. The molecule has 0 atom stereocenters. The Morgan fingerprint density at radius 1 is 1.24 bits per heavy atom. The zero-order chi connectivity index (χ0) is 15.4. The number of nitrogens with two attached hydrogens (primary N) is 1. The molecule has 0 unspecified atom stereocenters. The summed E-state index contributed by atoms with van der Waals surface area (Å²) in [5.41, 5.74) is 5.98. The van der Waals surface area contributed by atoms with Crippen molar-refractivity contribution < 1.29 is 9.21 Å². The molecule has 21 heavy (non-hydrogen) atoms. The van der Waals surface area contributed by atoms with E-state index in [4.69, 9.17) is 33.4 Å². The van der Waals surface area contributed by atoms with E-state index in [1.165, 1.54) is 12.2 Å². The maximum absolute atomic E-state index is 11.3. The van der Waals surface area contributed by atoms with E-state index >= 15 is 0 Å². The average Bonchev–Trinajstić information content (AvgIpc) is 2.88. The maximum Gasteiger partial charge on any atom is 0.250 e. The van der Waals surface area contributed by atoms with E-state index in [0.717, 1.165) is 5.56 Å². The smallest absolute Gasteiger partial charge is 0.250 e. The number of halogens is 2. The summed E-state index contributed by atoms with van der Waals surface area (Å²) in [7, 11) is 0. The Balaban J connectivity index is 2.14. The minimum absolute atomic E-state index is 0.0828. The Morgan fingerprint density at radius 3 is 2.67 bits per heavy atom. The first kappa shape index (κ1) is 15.6. The van der Waals surface area contributed by atoms with Crippen LogP contribution in [0.4, 0.5) is 0 Å². The summed E-state index contributed by atoms with van der Waals surface area (Å²) >= 11 is 16.4.